The molecule has 3 heteroatoms. The van der Waals surface area contributed by atoms with Gasteiger partial charge in [0.15, 0.2) is 5.78 Å². The highest BCUT2D eigenvalue weighted by molar-refractivity contribution is 5.93. The maximum Gasteiger partial charge on any atom is 0.180 e. The zero-order valence-electron chi connectivity index (χ0n) is 11.2. The molecule has 3 aromatic rings. The van der Waals surface area contributed by atoms with Crippen molar-refractivity contribution in [2.24, 2.45) is 0 Å². The monoisotopic (exact) mass is 262 g/mol. The number of carbonyl (C=O) groups is 1. The first-order chi connectivity index (χ1) is 9.75. The third-order valence-corrected chi connectivity index (χ3v) is 3.14. The third-order valence-electron chi connectivity index (χ3n) is 3.14. The van der Waals surface area contributed by atoms with E-state index in [-0.39, 0.29) is 5.78 Å². The van der Waals surface area contributed by atoms with Crippen LogP contribution in [0.2, 0.25) is 0 Å². The van der Waals surface area contributed by atoms with Crippen LogP contribution in [0.15, 0.2) is 66.7 Å². The molecule has 0 aliphatic heterocycles. The van der Waals surface area contributed by atoms with Crippen molar-refractivity contribution in [2.75, 3.05) is 0 Å². The van der Waals surface area contributed by atoms with Crippen molar-refractivity contribution in [3.63, 3.8) is 0 Å². The van der Waals surface area contributed by atoms with Gasteiger partial charge >= 0.3 is 0 Å². The first-order valence-electron chi connectivity index (χ1n) is 6.47. The number of para-hydroxylation sites is 1. The van der Waals surface area contributed by atoms with Crippen LogP contribution in [0.1, 0.15) is 17.4 Å². The summed E-state index contributed by atoms with van der Waals surface area (Å²) in [5.41, 5.74) is 3.38. The summed E-state index contributed by atoms with van der Waals surface area (Å²) in [6, 6.07) is 21.6. The molecule has 2 aromatic carbocycles. The van der Waals surface area contributed by atoms with Gasteiger partial charge in [-0.05, 0) is 18.2 Å². The van der Waals surface area contributed by atoms with E-state index in [0.29, 0.717) is 5.69 Å². The standard InChI is InChI=1S/C17H14N2O/c1-13(20)16-12-17(14-8-4-2-5-9-14)19(18-16)15-10-6-3-7-11-15/h2-12H,1H3. The van der Waals surface area contributed by atoms with E-state index in [9.17, 15) is 4.79 Å². The Bertz CT molecular complexity index is 673. The van der Waals surface area contributed by atoms with Crippen LogP contribution in [-0.4, -0.2) is 15.6 Å². The lowest BCUT2D eigenvalue weighted by atomic mass is 10.1. The molecule has 0 amide bonds. The minimum atomic E-state index is -0.0307. The topological polar surface area (TPSA) is 34.9 Å². The van der Waals surface area contributed by atoms with Gasteiger partial charge in [0.1, 0.15) is 5.69 Å². The maximum atomic E-state index is 11.6. The lowest BCUT2D eigenvalue weighted by Gasteiger charge is -2.07. The van der Waals surface area contributed by atoms with Crippen molar-refractivity contribution in [1.82, 2.24) is 9.78 Å². The Labute approximate surface area is 117 Å². The summed E-state index contributed by atoms with van der Waals surface area (Å²) >= 11 is 0. The highest BCUT2D eigenvalue weighted by Gasteiger charge is 2.13. The highest BCUT2D eigenvalue weighted by Crippen LogP contribution is 2.23. The van der Waals surface area contributed by atoms with Crippen molar-refractivity contribution in [1.29, 1.82) is 0 Å². The van der Waals surface area contributed by atoms with E-state index in [1.165, 1.54) is 6.92 Å². The zero-order chi connectivity index (χ0) is 13.9. The van der Waals surface area contributed by atoms with Gasteiger partial charge in [0.2, 0.25) is 0 Å². The van der Waals surface area contributed by atoms with Gasteiger partial charge in [-0.2, -0.15) is 5.10 Å². The van der Waals surface area contributed by atoms with Crippen molar-refractivity contribution in [2.45, 2.75) is 6.92 Å². The number of carbonyl (C=O) groups excluding carboxylic acids is 1. The van der Waals surface area contributed by atoms with E-state index in [1.807, 2.05) is 71.4 Å². The van der Waals surface area contributed by atoms with Gasteiger partial charge in [-0.15, -0.1) is 0 Å². The summed E-state index contributed by atoms with van der Waals surface area (Å²) in [7, 11) is 0. The molecular formula is C17H14N2O. The second-order valence-corrected chi connectivity index (χ2v) is 4.58. The number of aromatic nitrogens is 2. The molecule has 1 heterocycles. The fourth-order valence-electron chi connectivity index (χ4n) is 2.13. The molecule has 0 atom stereocenters. The Morgan fingerprint density at radius 3 is 2.15 bits per heavy atom. The van der Waals surface area contributed by atoms with E-state index in [4.69, 9.17) is 0 Å². The van der Waals surface area contributed by atoms with Gasteiger partial charge < -0.3 is 0 Å². The molecule has 0 bridgehead atoms. The second-order valence-electron chi connectivity index (χ2n) is 4.58. The van der Waals surface area contributed by atoms with Gasteiger partial charge in [0.25, 0.3) is 0 Å². The molecule has 0 fully saturated rings. The Kier molecular flexibility index (Phi) is 3.17. The van der Waals surface area contributed by atoms with Crippen molar-refractivity contribution in [3.8, 4) is 16.9 Å². The molecular weight excluding hydrogens is 248 g/mol. The molecule has 0 aliphatic rings. The van der Waals surface area contributed by atoms with Crippen LogP contribution >= 0.6 is 0 Å². The molecule has 0 saturated carbocycles. The van der Waals surface area contributed by atoms with Crippen molar-refractivity contribution in [3.05, 3.63) is 72.4 Å². The molecule has 0 radical (unpaired) electrons. The molecule has 0 N–H and O–H groups in total. The molecule has 0 spiro atoms. The minimum Gasteiger partial charge on any atom is -0.293 e. The van der Waals surface area contributed by atoms with Crippen LogP contribution < -0.4 is 0 Å². The zero-order valence-corrected chi connectivity index (χ0v) is 11.2. The summed E-state index contributed by atoms with van der Waals surface area (Å²) in [5.74, 6) is -0.0307. The normalized spacial score (nSPS) is 10.4. The summed E-state index contributed by atoms with van der Waals surface area (Å²) < 4.78 is 1.81. The fraction of sp³-hybridized carbons (Fsp3) is 0.0588. The fourth-order valence-corrected chi connectivity index (χ4v) is 2.13. The first-order valence-corrected chi connectivity index (χ1v) is 6.47. The summed E-state index contributed by atoms with van der Waals surface area (Å²) in [5, 5.41) is 4.42. The van der Waals surface area contributed by atoms with Crippen LogP contribution in [0.5, 0.6) is 0 Å². The number of ketones is 1. The van der Waals surface area contributed by atoms with Gasteiger partial charge in [-0.1, -0.05) is 48.5 Å². The molecule has 1 aromatic heterocycles. The first kappa shape index (κ1) is 12.4. The number of hydrogen-bond acceptors (Lipinski definition) is 2. The quantitative estimate of drug-likeness (QED) is 0.674. The van der Waals surface area contributed by atoms with Crippen molar-refractivity contribution < 1.29 is 4.79 Å². The van der Waals surface area contributed by atoms with E-state index in [0.717, 1.165) is 16.9 Å². The third kappa shape index (κ3) is 2.26. The molecule has 0 saturated heterocycles. The van der Waals surface area contributed by atoms with Crippen molar-refractivity contribution >= 4 is 5.78 Å². The van der Waals surface area contributed by atoms with Gasteiger partial charge in [0.05, 0.1) is 11.4 Å². The average molecular weight is 262 g/mol. The van der Waals surface area contributed by atoms with Crippen LogP contribution in [0, 0.1) is 0 Å². The maximum absolute atomic E-state index is 11.6. The van der Waals surface area contributed by atoms with Crippen LogP contribution in [0.4, 0.5) is 0 Å². The molecule has 0 unspecified atom stereocenters. The second kappa shape index (κ2) is 5.13. The Balaban J connectivity index is 2.20. The number of benzene rings is 2. The highest BCUT2D eigenvalue weighted by atomic mass is 16.1. The lowest BCUT2D eigenvalue weighted by Crippen LogP contribution is -2.00. The summed E-state index contributed by atoms with van der Waals surface area (Å²) in [6.45, 7) is 1.53. The largest absolute Gasteiger partial charge is 0.293 e. The molecule has 0 aliphatic carbocycles. The Hall–Kier alpha value is -2.68. The molecule has 3 nitrogen and oxygen atoms in total. The number of Topliss-reactive ketones (excluding diaryl/α,β-unsaturated/α-hetero) is 1. The Morgan fingerprint density at radius 1 is 0.950 bits per heavy atom. The smallest absolute Gasteiger partial charge is 0.180 e. The van der Waals surface area contributed by atoms with E-state index in [1.54, 1.807) is 0 Å². The number of hydrogen-bond donors (Lipinski definition) is 0. The minimum absolute atomic E-state index is 0.0307. The predicted molar refractivity (Wildman–Crippen MR) is 79.0 cm³/mol. The average Bonchev–Trinajstić information content (AvgIpc) is 2.94. The van der Waals surface area contributed by atoms with E-state index >= 15 is 0 Å². The van der Waals surface area contributed by atoms with Crippen LogP contribution in [-0.2, 0) is 0 Å². The number of rotatable bonds is 3. The molecule has 20 heavy (non-hydrogen) atoms. The van der Waals surface area contributed by atoms with E-state index in [2.05, 4.69) is 5.10 Å². The van der Waals surface area contributed by atoms with E-state index < -0.39 is 0 Å². The summed E-state index contributed by atoms with van der Waals surface area (Å²) in [4.78, 5) is 11.6. The number of nitrogens with zero attached hydrogens (tertiary/aromatic N) is 2. The van der Waals surface area contributed by atoms with Crippen LogP contribution in [0.25, 0.3) is 16.9 Å². The molecule has 98 valence electrons. The molecule has 3 rings (SSSR count). The lowest BCUT2D eigenvalue weighted by molar-refractivity contribution is 0.101. The van der Waals surface area contributed by atoms with Gasteiger partial charge in [-0.25, -0.2) is 4.68 Å². The SMILES string of the molecule is CC(=O)c1cc(-c2ccccc2)n(-c2ccccc2)n1. The van der Waals surface area contributed by atoms with Crippen LogP contribution in [0.3, 0.4) is 0 Å². The van der Waals surface area contributed by atoms with Gasteiger partial charge in [0, 0.05) is 12.5 Å². The Morgan fingerprint density at radius 2 is 1.55 bits per heavy atom. The van der Waals surface area contributed by atoms with Gasteiger partial charge in [-0.3, -0.25) is 4.79 Å². The predicted octanol–water partition coefficient (Wildman–Crippen LogP) is 3.74. The summed E-state index contributed by atoms with van der Waals surface area (Å²) in [6.07, 6.45) is 0.